The smallest absolute Gasteiger partial charge is 0.139 e. The standard InChI is InChI=1S/C10H10BNO/c11-7-2-3-8-6(5-7)1-4-9(13)10(8)12/h1-5,13H,11-12H2. The molecule has 0 radical (unpaired) electrons. The average Bonchev–Trinajstić information content (AvgIpc) is 2.12. The van der Waals surface area contributed by atoms with Gasteiger partial charge < -0.3 is 10.8 Å². The molecule has 0 heterocycles. The molecule has 0 atom stereocenters. The van der Waals surface area contributed by atoms with Gasteiger partial charge >= 0.3 is 0 Å². The maximum absolute atomic E-state index is 9.36. The topological polar surface area (TPSA) is 46.2 Å². The van der Waals surface area contributed by atoms with E-state index < -0.39 is 0 Å². The van der Waals surface area contributed by atoms with Crippen molar-refractivity contribution in [2.75, 3.05) is 5.73 Å². The van der Waals surface area contributed by atoms with E-state index in [-0.39, 0.29) is 5.75 Å². The van der Waals surface area contributed by atoms with E-state index in [1.54, 1.807) is 6.07 Å². The number of aromatic hydroxyl groups is 1. The lowest BCUT2D eigenvalue weighted by atomic mass is 9.93. The van der Waals surface area contributed by atoms with Crippen LogP contribution in [0.4, 0.5) is 5.69 Å². The molecule has 0 spiro atoms. The van der Waals surface area contributed by atoms with Crippen molar-refractivity contribution in [1.82, 2.24) is 0 Å². The van der Waals surface area contributed by atoms with Crippen molar-refractivity contribution in [1.29, 1.82) is 0 Å². The number of hydrogen-bond acceptors (Lipinski definition) is 2. The van der Waals surface area contributed by atoms with E-state index in [0.717, 1.165) is 10.8 Å². The Morgan fingerprint density at radius 1 is 1.15 bits per heavy atom. The first-order valence-corrected chi connectivity index (χ1v) is 4.16. The molecular formula is C10H10BNO. The number of phenolic OH excluding ortho intramolecular Hbond substituents is 1. The molecule has 0 fully saturated rings. The van der Waals surface area contributed by atoms with Crippen molar-refractivity contribution in [3.8, 4) is 5.75 Å². The van der Waals surface area contributed by atoms with Crippen LogP contribution in [0.15, 0.2) is 30.3 Å². The Morgan fingerprint density at radius 3 is 2.69 bits per heavy atom. The largest absolute Gasteiger partial charge is 0.506 e. The fourth-order valence-electron chi connectivity index (χ4n) is 1.46. The van der Waals surface area contributed by atoms with Gasteiger partial charge in [-0.1, -0.05) is 29.7 Å². The Balaban J connectivity index is 2.87. The van der Waals surface area contributed by atoms with Crippen LogP contribution in [-0.2, 0) is 0 Å². The fraction of sp³-hybridized carbons (Fsp3) is 0. The highest BCUT2D eigenvalue weighted by molar-refractivity contribution is 6.33. The Bertz CT molecular complexity index is 468. The molecule has 2 rings (SSSR count). The average molecular weight is 171 g/mol. The van der Waals surface area contributed by atoms with Gasteiger partial charge in [0.2, 0.25) is 0 Å². The van der Waals surface area contributed by atoms with E-state index in [1.165, 1.54) is 5.46 Å². The maximum Gasteiger partial charge on any atom is 0.139 e. The van der Waals surface area contributed by atoms with E-state index in [4.69, 9.17) is 5.73 Å². The molecule has 0 aliphatic heterocycles. The van der Waals surface area contributed by atoms with Crippen molar-refractivity contribution < 1.29 is 5.11 Å². The zero-order valence-corrected chi connectivity index (χ0v) is 7.41. The predicted molar refractivity (Wildman–Crippen MR) is 58.2 cm³/mol. The lowest BCUT2D eigenvalue weighted by Gasteiger charge is -2.04. The van der Waals surface area contributed by atoms with Crippen LogP contribution in [0.1, 0.15) is 0 Å². The van der Waals surface area contributed by atoms with Crippen molar-refractivity contribution in [2.24, 2.45) is 0 Å². The van der Waals surface area contributed by atoms with E-state index in [1.807, 2.05) is 32.1 Å². The zero-order valence-electron chi connectivity index (χ0n) is 7.41. The van der Waals surface area contributed by atoms with Crippen LogP contribution in [0.2, 0.25) is 0 Å². The van der Waals surface area contributed by atoms with Gasteiger partial charge in [0.1, 0.15) is 13.6 Å². The molecule has 2 aromatic rings. The summed E-state index contributed by atoms with van der Waals surface area (Å²) in [5.41, 5.74) is 7.37. The van der Waals surface area contributed by atoms with Crippen LogP contribution >= 0.6 is 0 Å². The monoisotopic (exact) mass is 171 g/mol. The van der Waals surface area contributed by atoms with Gasteiger partial charge in [0.25, 0.3) is 0 Å². The second-order valence-corrected chi connectivity index (χ2v) is 3.22. The van der Waals surface area contributed by atoms with Gasteiger partial charge in [0.05, 0.1) is 5.69 Å². The van der Waals surface area contributed by atoms with Gasteiger partial charge in [-0.05, 0) is 11.5 Å². The van der Waals surface area contributed by atoms with Crippen molar-refractivity contribution in [3.05, 3.63) is 30.3 Å². The molecular weight excluding hydrogens is 161 g/mol. The van der Waals surface area contributed by atoms with E-state index in [2.05, 4.69) is 0 Å². The summed E-state index contributed by atoms with van der Waals surface area (Å²) in [6.45, 7) is 0. The van der Waals surface area contributed by atoms with Crippen molar-refractivity contribution >= 4 is 29.8 Å². The Hall–Kier alpha value is -1.64. The van der Waals surface area contributed by atoms with Gasteiger partial charge in [0.15, 0.2) is 0 Å². The quantitative estimate of drug-likeness (QED) is 0.342. The van der Waals surface area contributed by atoms with Crippen LogP contribution in [-0.4, -0.2) is 13.0 Å². The highest BCUT2D eigenvalue weighted by Gasteiger charge is 2.01. The van der Waals surface area contributed by atoms with Crippen LogP contribution in [0.25, 0.3) is 10.8 Å². The molecule has 0 saturated carbocycles. The third-order valence-electron chi connectivity index (χ3n) is 2.19. The first kappa shape index (κ1) is 7.99. The van der Waals surface area contributed by atoms with Gasteiger partial charge in [-0.15, -0.1) is 0 Å². The molecule has 0 bridgehead atoms. The summed E-state index contributed by atoms with van der Waals surface area (Å²) in [7, 11) is 2.03. The van der Waals surface area contributed by atoms with E-state index >= 15 is 0 Å². The number of fused-ring (bicyclic) bond motifs is 1. The lowest BCUT2D eigenvalue weighted by molar-refractivity contribution is 0.478. The summed E-state index contributed by atoms with van der Waals surface area (Å²) in [4.78, 5) is 0. The van der Waals surface area contributed by atoms with Gasteiger partial charge in [-0.2, -0.15) is 0 Å². The summed E-state index contributed by atoms with van der Waals surface area (Å²) in [6.07, 6.45) is 0. The summed E-state index contributed by atoms with van der Waals surface area (Å²) in [5, 5.41) is 11.3. The second-order valence-electron chi connectivity index (χ2n) is 3.22. The fourth-order valence-corrected chi connectivity index (χ4v) is 1.46. The molecule has 0 saturated heterocycles. The number of nitrogen functional groups attached to an aromatic ring is 1. The summed E-state index contributed by atoms with van der Waals surface area (Å²) in [6, 6.07) is 9.45. The minimum Gasteiger partial charge on any atom is -0.506 e. The highest BCUT2D eigenvalue weighted by Crippen LogP contribution is 2.28. The van der Waals surface area contributed by atoms with Crippen molar-refractivity contribution in [3.63, 3.8) is 0 Å². The zero-order chi connectivity index (χ0) is 9.42. The molecule has 0 amide bonds. The molecule has 3 N–H and O–H groups in total. The molecule has 3 heteroatoms. The SMILES string of the molecule is Bc1ccc2c(N)c(O)ccc2c1. The minimum absolute atomic E-state index is 0.149. The first-order valence-electron chi connectivity index (χ1n) is 4.16. The number of nitrogens with two attached hydrogens (primary N) is 1. The molecule has 13 heavy (non-hydrogen) atoms. The normalized spacial score (nSPS) is 10.5. The molecule has 64 valence electrons. The van der Waals surface area contributed by atoms with Crippen LogP contribution in [0.5, 0.6) is 5.75 Å². The minimum atomic E-state index is 0.149. The molecule has 0 unspecified atom stereocenters. The van der Waals surface area contributed by atoms with Crippen LogP contribution in [0, 0.1) is 0 Å². The number of anilines is 1. The number of hydrogen-bond donors (Lipinski definition) is 2. The lowest BCUT2D eigenvalue weighted by Crippen LogP contribution is -2.00. The summed E-state index contributed by atoms with van der Waals surface area (Å²) < 4.78 is 0. The highest BCUT2D eigenvalue weighted by atomic mass is 16.3. The summed E-state index contributed by atoms with van der Waals surface area (Å²) in [5.74, 6) is 0.149. The maximum atomic E-state index is 9.36. The van der Waals surface area contributed by atoms with Crippen molar-refractivity contribution in [2.45, 2.75) is 0 Å². The van der Waals surface area contributed by atoms with E-state index in [9.17, 15) is 5.11 Å². The molecule has 0 aliphatic carbocycles. The Labute approximate surface area is 77.4 Å². The predicted octanol–water partition coefficient (Wildman–Crippen LogP) is 0.386. The first-order chi connectivity index (χ1) is 6.18. The van der Waals surface area contributed by atoms with Crippen LogP contribution in [0.3, 0.4) is 0 Å². The van der Waals surface area contributed by atoms with E-state index in [0.29, 0.717) is 5.69 Å². The number of phenols is 1. The summed E-state index contributed by atoms with van der Waals surface area (Å²) >= 11 is 0. The van der Waals surface area contributed by atoms with Gasteiger partial charge in [0, 0.05) is 5.39 Å². The molecule has 0 aromatic heterocycles. The molecule has 2 nitrogen and oxygen atoms in total. The molecule has 0 aliphatic rings. The Morgan fingerprint density at radius 2 is 1.92 bits per heavy atom. The Kier molecular flexibility index (Phi) is 1.66. The number of rotatable bonds is 0. The van der Waals surface area contributed by atoms with Gasteiger partial charge in [-0.25, -0.2) is 0 Å². The van der Waals surface area contributed by atoms with Gasteiger partial charge in [-0.3, -0.25) is 0 Å². The molecule has 2 aromatic carbocycles. The third-order valence-corrected chi connectivity index (χ3v) is 2.19. The number of benzene rings is 2. The second kappa shape index (κ2) is 2.70. The van der Waals surface area contributed by atoms with Crippen LogP contribution < -0.4 is 11.2 Å². The third kappa shape index (κ3) is 1.22.